The Labute approximate surface area is 106 Å². The maximum absolute atomic E-state index is 11.4. The maximum Gasteiger partial charge on any atom is 0.223 e. The molecular weight excluding hydrogens is 228 g/mol. The third-order valence-corrected chi connectivity index (χ3v) is 2.87. The number of anilines is 2. The van der Waals surface area contributed by atoms with Gasteiger partial charge in [0.2, 0.25) is 5.91 Å². The molecule has 0 bridgehead atoms. The molecule has 1 amide bonds. The predicted octanol–water partition coefficient (Wildman–Crippen LogP) is 1.08. The van der Waals surface area contributed by atoms with E-state index in [0.29, 0.717) is 24.3 Å². The number of amides is 1. The summed E-state index contributed by atoms with van der Waals surface area (Å²) in [6.07, 6.45) is 2.04. The summed E-state index contributed by atoms with van der Waals surface area (Å²) in [4.78, 5) is 11.4. The number of nitrogen functional groups attached to an aromatic ring is 1. The van der Waals surface area contributed by atoms with Crippen LogP contribution in [0.25, 0.3) is 0 Å². The second-order valence-corrected chi connectivity index (χ2v) is 4.41. The number of nitriles is 1. The lowest BCUT2D eigenvalue weighted by atomic mass is 10.2. The van der Waals surface area contributed by atoms with Crippen molar-refractivity contribution < 1.29 is 4.79 Å². The summed E-state index contributed by atoms with van der Waals surface area (Å²) < 4.78 is 0. The molecule has 5 nitrogen and oxygen atoms in total. The number of benzene rings is 1. The molecule has 2 rings (SSSR count). The fourth-order valence-corrected chi connectivity index (χ4v) is 1.66. The largest absolute Gasteiger partial charge is 0.398 e. The van der Waals surface area contributed by atoms with Crippen LogP contribution in [0.4, 0.5) is 11.4 Å². The second-order valence-electron chi connectivity index (χ2n) is 4.41. The quantitative estimate of drug-likeness (QED) is 0.534. The van der Waals surface area contributed by atoms with E-state index in [1.807, 2.05) is 6.07 Å². The molecule has 0 saturated heterocycles. The van der Waals surface area contributed by atoms with Gasteiger partial charge in [-0.2, -0.15) is 5.26 Å². The SMILES string of the molecule is N#Cc1ccc(NCCNC(=O)C2CC2)cc1N. The van der Waals surface area contributed by atoms with E-state index in [1.165, 1.54) is 0 Å². The van der Waals surface area contributed by atoms with Crippen molar-refractivity contribution in [3.05, 3.63) is 23.8 Å². The summed E-state index contributed by atoms with van der Waals surface area (Å²) >= 11 is 0. The van der Waals surface area contributed by atoms with Crippen molar-refractivity contribution in [1.29, 1.82) is 5.26 Å². The van der Waals surface area contributed by atoms with Gasteiger partial charge in [-0.25, -0.2) is 0 Å². The van der Waals surface area contributed by atoms with Crippen molar-refractivity contribution in [3.8, 4) is 6.07 Å². The minimum atomic E-state index is 0.149. The van der Waals surface area contributed by atoms with Crippen LogP contribution in [-0.2, 0) is 4.79 Å². The van der Waals surface area contributed by atoms with Gasteiger partial charge in [-0.15, -0.1) is 0 Å². The number of nitrogens with one attached hydrogen (secondary N) is 2. The van der Waals surface area contributed by atoms with E-state index >= 15 is 0 Å². The van der Waals surface area contributed by atoms with E-state index in [9.17, 15) is 4.79 Å². The van der Waals surface area contributed by atoms with Crippen LogP contribution in [-0.4, -0.2) is 19.0 Å². The number of carbonyl (C=O) groups is 1. The minimum absolute atomic E-state index is 0.149. The number of carbonyl (C=O) groups excluding carboxylic acids is 1. The Hall–Kier alpha value is -2.22. The number of hydrogen-bond acceptors (Lipinski definition) is 4. The summed E-state index contributed by atoms with van der Waals surface area (Å²) in [5.41, 5.74) is 7.49. The van der Waals surface area contributed by atoms with Gasteiger partial charge in [-0.1, -0.05) is 0 Å². The predicted molar refractivity (Wildman–Crippen MR) is 69.8 cm³/mol. The Morgan fingerprint density at radius 2 is 2.22 bits per heavy atom. The first-order valence-electron chi connectivity index (χ1n) is 6.02. The van der Waals surface area contributed by atoms with Gasteiger partial charge in [-0.05, 0) is 31.0 Å². The highest BCUT2D eigenvalue weighted by molar-refractivity contribution is 5.80. The van der Waals surface area contributed by atoms with Crippen LogP contribution >= 0.6 is 0 Å². The van der Waals surface area contributed by atoms with E-state index < -0.39 is 0 Å². The zero-order valence-corrected chi connectivity index (χ0v) is 10.1. The lowest BCUT2D eigenvalue weighted by Crippen LogP contribution is -2.29. The summed E-state index contributed by atoms with van der Waals surface area (Å²) in [6.45, 7) is 1.24. The average Bonchev–Trinajstić information content (AvgIpc) is 3.19. The summed E-state index contributed by atoms with van der Waals surface area (Å²) in [5, 5.41) is 14.8. The van der Waals surface area contributed by atoms with Gasteiger partial charge in [0.05, 0.1) is 11.3 Å². The van der Waals surface area contributed by atoms with Gasteiger partial charge < -0.3 is 16.4 Å². The van der Waals surface area contributed by atoms with Gasteiger partial charge in [0, 0.05) is 24.7 Å². The molecule has 0 unspecified atom stereocenters. The molecule has 1 aliphatic carbocycles. The molecule has 1 fully saturated rings. The molecule has 18 heavy (non-hydrogen) atoms. The molecule has 1 saturated carbocycles. The average molecular weight is 244 g/mol. The van der Waals surface area contributed by atoms with Crippen LogP contribution in [0.5, 0.6) is 0 Å². The van der Waals surface area contributed by atoms with Crippen molar-refractivity contribution in [2.45, 2.75) is 12.8 Å². The van der Waals surface area contributed by atoms with E-state index in [4.69, 9.17) is 11.0 Å². The number of nitrogens with zero attached hydrogens (tertiary/aromatic N) is 1. The first kappa shape index (κ1) is 12.2. The first-order chi connectivity index (χ1) is 8.70. The molecule has 5 heteroatoms. The lowest BCUT2D eigenvalue weighted by molar-refractivity contribution is -0.122. The fraction of sp³-hybridized carbons (Fsp3) is 0.385. The highest BCUT2D eigenvalue weighted by Gasteiger charge is 2.28. The third-order valence-electron chi connectivity index (χ3n) is 2.87. The maximum atomic E-state index is 11.4. The number of hydrogen-bond donors (Lipinski definition) is 3. The molecule has 4 N–H and O–H groups in total. The van der Waals surface area contributed by atoms with Gasteiger partial charge in [0.15, 0.2) is 0 Å². The first-order valence-corrected chi connectivity index (χ1v) is 6.02. The van der Waals surface area contributed by atoms with Crippen LogP contribution < -0.4 is 16.4 Å². The van der Waals surface area contributed by atoms with Crippen LogP contribution in [0.2, 0.25) is 0 Å². The third kappa shape index (κ3) is 3.14. The number of rotatable bonds is 5. The molecule has 0 heterocycles. The Bertz CT molecular complexity index is 488. The van der Waals surface area contributed by atoms with Crippen LogP contribution in [0.3, 0.4) is 0 Å². The smallest absolute Gasteiger partial charge is 0.223 e. The Balaban J connectivity index is 1.74. The molecule has 0 aromatic heterocycles. The normalized spacial score (nSPS) is 13.7. The van der Waals surface area contributed by atoms with Crippen molar-refractivity contribution >= 4 is 17.3 Å². The summed E-state index contributed by atoms with van der Waals surface area (Å²) in [7, 11) is 0. The van der Waals surface area contributed by atoms with E-state index in [-0.39, 0.29) is 11.8 Å². The Morgan fingerprint density at radius 3 is 2.83 bits per heavy atom. The molecule has 0 aliphatic heterocycles. The van der Waals surface area contributed by atoms with Crippen molar-refractivity contribution in [2.24, 2.45) is 5.92 Å². The van der Waals surface area contributed by atoms with E-state index in [2.05, 4.69) is 10.6 Å². The van der Waals surface area contributed by atoms with Gasteiger partial charge in [0.25, 0.3) is 0 Å². The van der Waals surface area contributed by atoms with Crippen molar-refractivity contribution in [1.82, 2.24) is 5.32 Å². The summed E-state index contributed by atoms with van der Waals surface area (Å²) in [5.74, 6) is 0.395. The van der Waals surface area contributed by atoms with E-state index in [0.717, 1.165) is 18.5 Å². The molecule has 1 aliphatic rings. The molecule has 94 valence electrons. The Kier molecular flexibility index (Phi) is 3.68. The fourth-order valence-electron chi connectivity index (χ4n) is 1.66. The van der Waals surface area contributed by atoms with Crippen molar-refractivity contribution in [3.63, 3.8) is 0 Å². The van der Waals surface area contributed by atoms with Crippen LogP contribution in [0.1, 0.15) is 18.4 Å². The molecular formula is C13H16N4O. The summed E-state index contributed by atoms with van der Waals surface area (Å²) in [6, 6.07) is 7.22. The van der Waals surface area contributed by atoms with Gasteiger partial charge >= 0.3 is 0 Å². The zero-order valence-electron chi connectivity index (χ0n) is 10.1. The monoisotopic (exact) mass is 244 g/mol. The van der Waals surface area contributed by atoms with Crippen molar-refractivity contribution in [2.75, 3.05) is 24.1 Å². The molecule has 0 atom stereocenters. The molecule has 0 spiro atoms. The topological polar surface area (TPSA) is 90.9 Å². The minimum Gasteiger partial charge on any atom is -0.398 e. The Morgan fingerprint density at radius 1 is 1.44 bits per heavy atom. The second kappa shape index (κ2) is 5.41. The molecule has 1 aromatic rings. The zero-order chi connectivity index (χ0) is 13.0. The molecule has 1 aromatic carbocycles. The molecule has 0 radical (unpaired) electrons. The van der Waals surface area contributed by atoms with Crippen LogP contribution in [0.15, 0.2) is 18.2 Å². The van der Waals surface area contributed by atoms with Crippen LogP contribution in [0, 0.1) is 17.2 Å². The van der Waals surface area contributed by atoms with E-state index in [1.54, 1.807) is 18.2 Å². The standard InChI is InChI=1S/C13H16N4O/c14-8-10-3-4-11(7-12(10)15)16-5-6-17-13(18)9-1-2-9/h3-4,7,9,16H,1-2,5-6,15H2,(H,17,18). The number of nitrogens with two attached hydrogens (primary N) is 1. The van der Waals surface area contributed by atoms with Gasteiger partial charge in [0.1, 0.15) is 6.07 Å². The highest BCUT2D eigenvalue weighted by Crippen LogP contribution is 2.28. The lowest BCUT2D eigenvalue weighted by Gasteiger charge is -2.08. The highest BCUT2D eigenvalue weighted by atomic mass is 16.2. The van der Waals surface area contributed by atoms with Gasteiger partial charge in [-0.3, -0.25) is 4.79 Å².